The van der Waals surface area contributed by atoms with E-state index in [-0.39, 0.29) is 10.6 Å². The Bertz CT molecular complexity index is 1460. The molecule has 0 fully saturated rings. The highest BCUT2D eigenvalue weighted by molar-refractivity contribution is 7.89. The molecule has 0 unspecified atom stereocenters. The molecule has 0 aliphatic heterocycles. The fourth-order valence-corrected chi connectivity index (χ4v) is 4.15. The van der Waals surface area contributed by atoms with E-state index in [0.717, 1.165) is 21.9 Å². The summed E-state index contributed by atoms with van der Waals surface area (Å²) < 4.78 is 30.8. The molecule has 33 heavy (non-hydrogen) atoms. The lowest BCUT2D eigenvalue weighted by molar-refractivity contribution is 0.0734. The van der Waals surface area contributed by atoms with E-state index in [1.54, 1.807) is 36.4 Å². The lowest BCUT2D eigenvalue weighted by Crippen LogP contribution is -2.18. The molecule has 0 heterocycles. The van der Waals surface area contributed by atoms with Crippen molar-refractivity contribution in [1.82, 2.24) is 4.83 Å². The van der Waals surface area contributed by atoms with Crippen LogP contribution in [0.25, 0.3) is 10.8 Å². The van der Waals surface area contributed by atoms with Gasteiger partial charge in [0.15, 0.2) is 0 Å². The van der Waals surface area contributed by atoms with E-state index < -0.39 is 16.0 Å². The molecule has 1 N–H and O–H groups in total. The molecule has 0 saturated carbocycles. The highest BCUT2D eigenvalue weighted by Gasteiger charge is 2.15. The maximum atomic E-state index is 12.7. The predicted molar refractivity (Wildman–Crippen MR) is 129 cm³/mol. The molecule has 0 radical (unpaired) electrons. The first kappa shape index (κ1) is 22.2. The van der Waals surface area contributed by atoms with Crippen LogP contribution in [-0.4, -0.2) is 20.6 Å². The van der Waals surface area contributed by atoms with E-state index in [2.05, 4.69) is 9.93 Å². The van der Waals surface area contributed by atoms with Gasteiger partial charge in [-0.15, -0.1) is 0 Å². The van der Waals surface area contributed by atoms with Gasteiger partial charge >= 0.3 is 5.97 Å². The van der Waals surface area contributed by atoms with Gasteiger partial charge in [0.05, 0.1) is 16.7 Å². The largest absolute Gasteiger partial charge is 0.422 e. The SMILES string of the molecule is Cc1ccc(S(=O)(=O)N/N=C\c2c(OC(=O)c3cccc(C)c3)ccc3ccccc23)cc1. The normalized spacial score (nSPS) is 11.6. The molecule has 0 aliphatic rings. The van der Waals surface area contributed by atoms with Gasteiger partial charge in [0.1, 0.15) is 5.75 Å². The molecule has 166 valence electrons. The summed E-state index contributed by atoms with van der Waals surface area (Å²) in [5.41, 5.74) is 2.80. The van der Waals surface area contributed by atoms with Gasteiger partial charge in [-0.2, -0.15) is 13.5 Å². The van der Waals surface area contributed by atoms with Crippen molar-refractivity contribution in [2.45, 2.75) is 18.7 Å². The summed E-state index contributed by atoms with van der Waals surface area (Å²) in [4.78, 5) is 15.1. The molecule has 4 aromatic rings. The van der Waals surface area contributed by atoms with Crippen LogP contribution in [0.3, 0.4) is 0 Å². The summed E-state index contributed by atoms with van der Waals surface area (Å²) in [6.07, 6.45) is 1.35. The molecule has 0 aliphatic carbocycles. The Morgan fingerprint density at radius 2 is 1.64 bits per heavy atom. The van der Waals surface area contributed by atoms with E-state index in [0.29, 0.717) is 11.1 Å². The zero-order valence-corrected chi connectivity index (χ0v) is 19.0. The van der Waals surface area contributed by atoms with Crippen molar-refractivity contribution < 1.29 is 17.9 Å². The summed E-state index contributed by atoms with van der Waals surface area (Å²) in [7, 11) is -3.84. The zero-order chi connectivity index (χ0) is 23.4. The number of rotatable bonds is 6. The van der Waals surface area contributed by atoms with Crippen LogP contribution in [0.4, 0.5) is 0 Å². The topological polar surface area (TPSA) is 84.8 Å². The number of nitrogens with zero attached hydrogens (tertiary/aromatic N) is 1. The fraction of sp³-hybridized carbons (Fsp3) is 0.0769. The summed E-state index contributed by atoms with van der Waals surface area (Å²) in [6.45, 7) is 3.77. The Morgan fingerprint density at radius 3 is 2.39 bits per heavy atom. The standard InChI is InChI=1S/C26H22N2O4S/c1-18-10-13-22(14-11-18)33(30,31)28-27-17-24-23-9-4-3-7-20(23)12-15-25(24)32-26(29)21-8-5-6-19(2)16-21/h3-17,28H,1-2H3/b27-17-. The monoisotopic (exact) mass is 458 g/mol. The Balaban J connectivity index is 1.66. The number of esters is 1. The van der Waals surface area contributed by atoms with Crippen LogP contribution in [0.2, 0.25) is 0 Å². The Hall–Kier alpha value is -3.97. The van der Waals surface area contributed by atoms with E-state index >= 15 is 0 Å². The van der Waals surface area contributed by atoms with Crippen LogP contribution < -0.4 is 9.57 Å². The van der Waals surface area contributed by atoms with E-state index in [1.807, 2.05) is 50.2 Å². The number of nitrogens with one attached hydrogen (secondary N) is 1. The number of carbonyl (C=O) groups excluding carboxylic acids is 1. The molecule has 7 heteroatoms. The van der Waals surface area contributed by atoms with Crippen LogP contribution in [0.1, 0.15) is 27.0 Å². The van der Waals surface area contributed by atoms with Gasteiger partial charge in [0.25, 0.3) is 10.0 Å². The first-order valence-corrected chi connectivity index (χ1v) is 11.7. The number of benzene rings is 4. The first-order chi connectivity index (χ1) is 15.8. The number of hydrogen-bond acceptors (Lipinski definition) is 5. The summed E-state index contributed by atoms with van der Waals surface area (Å²) in [5.74, 6) is -0.234. The van der Waals surface area contributed by atoms with Gasteiger partial charge in [-0.3, -0.25) is 0 Å². The van der Waals surface area contributed by atoms with E-state index in [1.165, 1.54) is 18.3 Å². The quantitative estimate of drug-likeness (QED) is 0.191. The zero-order valence-electron chi connectivity index (χ0n) is 18.1. The molecule has 0 saturated heterocycles. The molecule has 0 aromatic heterocycles. The predicted octanol–water partition coefficient (Wildman–Crippen LogP) is 4.99. The number of sulfonamides is 1. The lowest BCUT2D eigenvalue weighted by Gasteiger charge is -2.11. The van der Waals surface area contributed by atoms with Crippen molar-refractivity contribution in [3.63, 3.8) is 0 Å². The summed E-state index contributed by atoms with van der Waals surface area (Å²) in [6, 6.07) is 24.6. The van der Waals surface area contributed by atoms with Crippen LogP contribution in [0, 0.1) is 13.8 Å². The number of hydrogen-bond donors (Lipinski definition) is 1. The second kappa shape index (κ2) is 9.26. The molecule has 4 aromatic carbocycles. The van der Waals surface area contributed by atoms with Gasteiger partial charge in [0, 0.05) is 5.56 Å². The minimum atomic E-state index is -3.84. The molecular weight excluding hydrogens is 436 g/mol. The van der Waals surface area contributed by atoms with E-state index in [9.17, 15) is 13.2 Å². The smallest absolute Gasteiger partial charge is 0.343 e. The highest BCUT2D eigenvalue weighted by atomic mass is 32.2. The first-order valence-electron chi connectivity index (χ1n) is 10.3. The van der Waals surface area contributed by atoms with Gasteiger partial charge in [-0.25, -0.2) is 9.63 Å². The third-order valence-corrected chi connectivity index (χ3v) is 6.32. The Labute approximate surface area is 192 Å². The average Bonchev–Trinajstić information content (AvgIpc) is 2.80. The van der Waals surface area contributed by atoms with E-state index in [4.69, 9.17) is 4.74 Å². The van der Waals surface area contributed by atoms with Gasteiger partial charge in [0.2, 0.25) is 0 Å². The van der Waals surface area contributed by atoms with Crippen molar-refractivity contribution in [3.05, 3.63) is 107 Å². The maximum Gasteiger partial charge on any atom is 0.343 e. The minimum Gasteiger partial charge on any atom is -0.422 e. The molecule has 4 rings (SSSR count). The van der Waals surface area contributed by atoms with Crippen molar-refractivity contribution in [2.75, 3.05) is 0 Å². The molecule has 6 nitrogen and oxygen atoms in total. The second-order valence-corrected chi connectivity index (χ2v) is 9.28. The minimum absolute atomic E-state index is 0.106. The Kier molecular flexibility index (Phi) is 6.24. The number of ether oxygens (including phenoxy) is 1. The van der Waals surface area contributed by atoms with Crippen molar-refractivity contribution >= 4 is 33.0 Å². The third-order valence-electron chi connectivity index (χ3n) is 5.08. The Morgan fingerprint density at radius 1 is 0.879 bits per heavy atom. The summed E-state index contributed by atoms with van der Waals surface area (Å²) >= 11 is 0. The highest BCUT2D eigenvalue weighted by Crippen LogP contribution is 2.27. The number of carbonyl (C=O) groups is 1. The molecule has 0 atom stereocenters. The van der Waals surface area contributed by atoms with Gasteiger partial charge in [-0.1, -0.05) is 65.7 Å². The number of aryl methyl sites for hydroxylation is 2. The molecule has 0 bridgehead atoms. The fourth-order valence-electron chi connectivity index (χ4n) is 3.36. The van der Waals surface area contributed by atoms with Gasteiger partial charge < -0.3 is 4.74 Å². The average molecular weight is 459 g/mol. The molecular formula is C26H22N2O4S. The number of hydrazone groups is 1. The molecule has 0 amide bonds. The van der Waals surface area contributed by atoms with Crippen LogP contribution in [0.5, 0.6) is 5.75 Å². The summed E-state index contributed by atoms with van der Waals surface area (Å²) in [5, 5.41) is 5.63. The van der Waals surface area contributed by atoms with Crippen molar-refractivity contribution in [3.8, 4) is 5.75 Å². The van der Waals surface area contributed by atoms with Crippen LogP contribution >= 0.6 is 0 Å². The third kappa shape index (κ3) is 5.10. The van der Waals surface area contributed by atoms with Crippen LogP contribution in [-0.2, 0) is 10.0 Å². The second-order valence-electron chi connectivity index (χ2n) is 7.62. The van der Waals surface area contributed by atoms with Gasteiger partial charge in [-0.05, 0) is 55.0 Å². The number of fused-ring (bicyclic) bond motifs is 1. The lowest BCUT2D eigenvalue weighted by atomic mass is 10.0. The molecule has 0 spiro atoms. The maximum absolute atomic E-state index is 12.7. The van der Waals surface area contributed by atoms with Crippen molar-refractivity contribution in [2.24, 2.45) is 5.10 Å². The van der Waals surface area contributed by atoms with Crippen LogP contribution in [0.15, 0.2) is 94.9 Å². The van der Waals surface area contributed by atoms with Crippen molar-refractivity contribution in [1.29, 1.82) is 0 Å².